The van der Waals surface area contributed by atoms with Crippen molar-refractivity contribution in [1.82, 2.24) is 10.2 Å². The van der Waals surface area contributed by atoms with E-state index in [1.807, 2.05) is 0 Å². The fourth-order valence-electron chi connectivity index (χ4n) is 3.95. The van der Waals surface area contributed by atoms with Gasteiger partial charge < -0.3 is 10.2 Å². The normalized spacial score (nSPS) is 28.7. The van der Waals surface area contributed by atoms with Gasteiger partial charge in [0.2, 0.25) is 0 Å². The van der Waals surface area contributed by atoms with E-state index in [4.69, 9.17) is 0 Å². The molecule has 2 atom stereocenters. The first-order valence-electron chi connectivity index (χ1n) is 8.42. The van der Waals surface area contributed by atoms with E-state index in [0.717, 1.165) is 11.8 Å². The minimum atomic E-state index is 0.712. The van der Waals surface area contributed by atoms with E-state index >= 15 is 0 Å². The molecule has 1 aromatic carbocycles. The minimum absolute atomic E-state index is 0.712. The van der Waals surface area contributed by atoms with Gasteiger partial charge in [-0.05, 0) is 81.8 Å². The lowest BCUT2D eigenvalue weighted by molar-refractivity contribution is 0.158. The van der Waals surface area contributed by atoms with Gasteiger partial charge in [-0.3, -0.25) is 0 Å². The smallest absolute Gasteiger partial charge is 0.0175 e. The van der Waals surface area contributed by atoms with Crippen molar-refractivity contribution in [3.8, 4) is 0 Å². The van der Waals surface area contributed by atoms with Crippen LogP contribution in [0, 0.1) is 5.92 Å². The molecule has 2 saturated heterocycles. The molecule has 2 heterocycles. The maximum absolute atomic E-state index is 3.56. The van der Waals surface area contributed by atoms with E-state index in [2.05, 4.69) is 57.3 Å². The quantitative estimate of drug-likeness (QED) is 0.885. The van der Waals surface area contributed by atoms with Crippen LogP contribution in [0.25, 0.3) is 0 Å². The van der Waals surface area contributed by atoms with Crippen molar-refractivity contribution < 1.29 is 0 Å². The van der Waals surface area contributed by atoms with Crippen molar-refractivity contribution in [2.75, 3.05) is 26.2 Å². The number of rotatable bonds is 3. The van der Waals surface area contributed by atoms with Crippen LogP contribution in [0.3, 0.4) is 0 Å². The van der Waals surface area contributed by atoms with Crippen LogP contribution >= 0.6 is 15.9 Å². The standard InChI is InChI=1S/C18H27BrN2/c1-14-12-15(6-9-20-14)13-21-10-7-17(8-11-21)16-2-4-18(19)5-3-16/h2-5,14-15,17,20H,6-13H2,1H3. The first kappa shape index (κ1) is 15.5. The highest BCUT2D eigenvalue weighted by Gasteiger charge is 2.25. The number of halogens is 1. The monoisotopic (exact) mass is 350 g/mol. The zero-order chi connectivity index (χ0) is 14.7. The molecule has 0 aromatic heterocycles. The van der Waals surface area contributed by atoms with Gasteiger partial charge in [-0.2, -0.15) is 0 Å². The fourth-order valence-corrected chi connectivity index (χ4v) is 4.21. The summed E-state index contributed by atoms with van der Waals surface area (Å²) < 4.78 is 1.18. The molecule has 0 bridgehead atoms. The summed E-state index contributed by atoms with van der Waals surface area (Å²) >= 11 is 3.53. The average molecular weight is 351 g/mol. The molecule has 0 spiro atoms. The van der Waals surface area contributed by atoms with Crippen molar-refractivity contribution in [3.05, 3.63) is 34.3 Å². The van der Waals surface area contributed by atoms with Gasteiger partial charge in [-0.15, -0.1) is 0 Å². The van der Waals surface area contributed by atoms with E-state index in [9.17, 15) is 0 Å². The second kappa shape index (κ2) is 7.26. The SMILES string of the molecule is CC1CC(CN2CCC(c3ccc(Br)cc3)CC2)CCN1. The first-order chi connectivity index (χ1) is 10.2. The molecular formula is C18H27BrN2. The topological polar surface area (TPSA) is 15.3 Å². The summed E-state index contributed by atoms with van der Waals surface area (Å²) in [7, 11) is 0. The molecule has 3 rings (SSSR count). The molecule has 1 aromatic rings. The molecule has 0 radical (unpaired) electrons. The van der Waals surface area contributed by atoms with Gasteiger partial charge >= 0.3 is 0 Å². The van der Waals surface area contributed by atoms with Crippen molar-refractivity contribution in [1.29, 1.82) is 0 Å². The summed E-state index contributed by atoms with van der Waals surface area (Å²) in [6.07, 6.45) is 5.36. The Kier molecular flexibility index (Phi) is 5.36. The Labute approximate surface area is 137 Å². The zero-order valence-corrected chi connectivity index (χ0v) is 14.6. The summed E-state index contributed by atoms with van der Waals surface area (Å²) in [6, 6.07) is 9.65. The predicted octanol–water partition coefficient (Wildman–Crippen LogP) is 4.02. The number of nitrogens with one attached hydrogen (secondary N) is 1. The Bertz CT molecular complexity index is 437. The summed E-state index contributed by atoms with van der Waals surface area (Å²) in [4.78, 5) is 2.71. The van der Waals surface area contributed by atoms with Gasteiger partial charge in [0, 0.05) is 17.1 Å². The van der Waals surface area contributed by atoms with Gasteiger partial charge in [0.15, 0.2) is 0 Å². The van der Waals surface area contributed by atoms with Crippen LogP contribution in [0.2, 0.25) is 0 Å². The van der Waals surface area contributed by atoms with Crippen LogP contribution in [0.1, 0.15) is 44.1 Å². The van der Waals surface area contributed by atoms with E-state index in [0.29, 0.717) is 6.04 Å². The van der Waals surface area contributed by atoms with Crippen LogP contribution in [0.4, 0.5) is 0 Å². The van der Waals surface area contributed by atoms with Crippen molar-refractivity contribution in [3.63, 3.8) is 0 Å². The lowest BCUT2D eigenvalue weighted by Crippen LogP contribution is -2.42. The minimum Gasteiger partial charge on any atom is -0.314 e. The molecule has 2 nitrogen and oxygen atoms in total. The summed E-state index contributed by atoms with van der Waals surface area (Å²) in [6.45, 7) is 7.41. The summed E-state index contributed by atoms with van der Waals surface area (Å²) in [5.74, 6) is 1.67. The van der Waals surface area contributed by atoms with E-state index in [1.165, 1.54) is 61.9 Å². The van der Waals surface area contributed by atoms with Crippen LogP contribution in [-0.2, 0) is 0 Å². The molecule has 2 aliphatic rings. The van der Waals surface area contributed by atoms with Crippen LogP contribution in [-0.4, -0.2) is 37.1 Å². The molecular weight excluding hydrogens is 324 g/mol. The summed E-state index contributed by atoms with van der Waals surface area (Å²) in [5, 5.41) is 3.56. The largest absolute Gasteiger partial charge is 0.314 e. The van der Waals surface area contributed by atoms with Crippen LogP contribution in [0.15, 0.2) is 28.7 Å². The van der Waals surface area contributed by atoms with Gasteiger partial charge in [0.05, 0.1) is 0 Å². The lowest BCUT2D eigenvalue weighted by Gasteiger charge is -2.37. The Balaban J connectivity index is 1.47. The number of piperidine rings is 2. The number of nitrogens with zero attached hydrogens (tertiary/aromatic N) is 1. The third kappa shape index (κ3) is 4.30. The Morgan fingerprint density at radius 2 is 1.86 bits per heavy atom. The Morgan fingerprint density at radius 1 is 1.14 bits per heavy atom. The third-order valence-corrected chi connectivity index (χ3v) is 5.71. The molecule has 0 saturated carbocycles. The second-order valence-corrected chi connectivity index (χ2v) is 7.79. The molecule has 0 aliphatic carbocycles. The third-order valence-electron chi connectivity index (χ3n) is 5.18. The molecule has 1 N–H and O–H groups in total. The Hall–Kier alpha value is -0.380. The van der Waals surface area contributed by atoms with Crippen molar-refractivity contribution >= 4 is 15.9 Å². The maximum atomic E-state index is 3.56. The van der Waals surface area contributed by atoms with Crippen molar-refractivity contribution in [2.45, 2.75) is 44.6 Å². The van der Waals surface area contributed by atoms with Crippen molar-refractivity contribution in [2.24, 2.45) is 5.92 Å². The first-order valence-corrected chi connectivity index (χ1v) is 9.21. The number of likely N-dealkylation sites (tertiary alicyclic amines) is 1. The number of hydrogen-bond acceptors (Lipinski definition) is 2. The van der Waals surface area contributed by atoms with E-state index in [1.54, 1.807) is 0 Å². The maximum Gasteiger partial charge on any atom is 0.0175 e. The highest BCUT2D eigenvalue weighted by Crippen LogP contribution is 2.30. The fraction of sp³-hybridized carbons (Fsp3) is 0.667. The predicted molar refractivity (Wildman–Crippen MR) is 92.7 cm³/mol. The molecule has 3 heteroatoms. The summed E-state index contributed by atoms with van der Waals surface area (Å²) in [5.41, 5.74) is 1.52. The van der Waals surface area contributed by atoms with E-state index < -0.39 is 0 Å². The van der Waals surface area contributed by atoms with Gasteiger partial charge in [-0.25, -0.2) is 0 Å². The number of benzene rings is 1. The molecule has 2 fully saturated rings. The Morgan fingerprint density at radius 3 is 2.52 bits per heavy atom. The lowest BCUT2D eigenvalue weighted by atomic mass is 9.88. The molecule has 21 heavy (non-hydrogen) atoms. The van der Waals surface area contributed by atoms with Gasteiger partial charge in [-0.1, -0.05) is 28.1 Å². The van der Waals surface area contributed by atoms with Gasteiger partial charge in [0.1, 0.15) is 0 Å². The average Bonchev–Trinajstić information content (AvgIpc) is 2.49. The highest BCUT2D eigenvalue weighted by atomic mass is 79.9. The molecule has 116 valence electrons. The number of hydrogen-bond donors (Lipinski definition) is 1. The molecule has 0 amide bonds. The van der Waals surface area contributed by atoms with Crippen LogP contribution < -0.4 is 5.32 Å². The highest BCUT2D eigenvalue weighted by molar-refractivity contribution is 9.10. The zero-order valence-electron chi connectivity index (χ0n) is 13.0. The second-order valence-electron chi connectivity index (χ2n) is 6.87. The van der Waals surface area contributed by atoms with Gasteiger partial charge in [0.25, 0.3) is 0 Å². The van der Waals surface area contributed by atoms with Crippen LogP contribution in [0.5, 0.6) is 0 Å². The molecule has 2 aliphatic heterocycles. The molecule has 2 unspecified atom stereocenters. The van der Waals surface area contributed by atoms with E-state index in [-0.39, 0.29) is 0 Å².